The van der Waals surface area contributed by atoms with Gasteiger partial charge >= 0.3 is 5.97 Å². The van der Waals surface area contributed by atoms with Crippen LogP contribution in [-0.4, -0.2) is 45.3 Å². The van der Waals surface area contributed by atoms with E-state index in [2.05, 4.69) is 15.0 Å². The number of hydrogen-bond donors (Lipinski definition) is 2. The van der Waals surface area contributed by atoms with Crippen LogP contribution in [0.3, 0.4) is 0 Å². The molecule has 0 unspecified atom stereocenters. The van der Waals surface area contributed by atoms with Crippen LogP contribution in [0.2, 0.25) is 0 Å². The highest BCUT2D eigenvalue weighted by molar-refractivity contribution is 7.90. The topological polar surface area (TPSA) is 114 Å². The van der Waals surface area contributed by atoms with E-state index >= 15 is 0 Å². The summed E-state index contributed by atoms with van der Waals surface area (Å²) in [7, 11) is -3.59. The molecule has 2 N–H and O–H groups in total. The number of benzene rings is 1. The molecule has 1 atom stereocenters. The van der Waals surface area contributed by atoms with Gasteiger partial charge < -0.3 is 10.1 Å². The van der Waals surface area contributed by atoms with Crippen molar-refractivity contribution < 1.29 is 22.7 Å². The molecule has 9 heteroatoms. The number of amides is 1. The van der Waals surface area contributed by atoms with E-state index in [-0.39, 0.29) is 42.3 Å². The SMILES string of the molecule is CC[C@H](C)NC(=O)COC(=O)CCN=C1NS(=O)(=O)c2ccccc21. The van der Waals surface area contributed by atoms with E-state index in [0.717, 1.165) is 6.42 Å². The Morgan fingerprint density at radius 3 is 2.76 bits per heavy atom. The molecule has 0 aromatic heterocycles. The minimum absolute atomic E-state index is 0.0214. The monoisotopic (exact) mass is 367 g/mol. The first-order valence-corrected chi connectivity index (χ1v) is 9.43. The third-order valence-electron chi connectivity index (χ3n) is 3.63. The summed E-state index contributed by atoms with van der Waals surface area (Å²) in [4.78, 5) is 27.4. The van der Waals surface area contributed by atoms with Crippen LogP contribution in [0.25, 0.3) is 0 Å². The molecule has 0 fully saturated rings. The number of aliphatic imine (C=N–C) groups is 1. The van der Waals surface area contributed by atoms with Gasteiger partial charge in [0.15, 0.2) is 6.61 Å². The lowest BCUT2D eigenvalue weighted by Crippen LogP contribution is -2.35. The molecule has 0 spiro atoms. The van der Waals surface area contributed by atoms with Crippen LogP contribution in [0.15, 0.2) is 34.2 Å². The number of sulfonamides is 1. The van der Waals surface area contributed by atoms with E-state index < -0.39 is 16.0 Å². The van der Waals surface area contributed by atoms with Crippen molar-refractivity contribution >= 4 is 27.7 Å². The van der Waals surface area contributed by atoms with Gasteiger partial charge in [0.2, 0.25) is 0 Å². The molecular weight excluding hydrogens is 346 g/mol. The van der Waals surface area contributed by atoms with Crippen LogP contribution in [0.1, 0.15) is 32.3 Å². The maximum absolute atomic E-state index is 11.9. The number of rotatable bonds is 7. The van der Waals surface area contributed by atoms with Crippen LogP contribution >= 0.6 is 0 Å². The predicted octanol–water partition coefficient (Wildman–Crippen LogP) is 0.573. The van der Waals surface area contributed by atoms with Crippen LogP contribution in [0, 0.1) is 0 Å². The van der Waals surface area contributed by atoms with Crippen LogP contribution < -0.4 is 10.0 Å². The van der Waals surface area contributed by atoms with Gasteiger partial charge in [-0.05, 0) is 25.5 Å². The molecule has 1 heterocycles. The number of amidine groups is 1. The van der Waals surface area contributed by atoms with E-state index in [4.69, 9.17) is 4.74 Å². The average Bonchev–Trinajstić information content (AvgIpc) is 2.84. The summed E-state index contributed by atoms with van der Waals surface area (Å²) >= 11 is 0. The number of nitrogens with zero attached hydrogens (tertiary/aromatic N) is 1. The molecule has 1 aromatic rings. The lowest BCUT2D eigenvalue weighted by Gasteiger charge is -2.11. The minimum atomic E-state index is -3.59. The maximum Gasteiger partial charge on any atom is 0.308 e. The van der Waals surface area contributed by atoms with Crippen molar-refractivity contribution in [1.29, 1.82) is 0 Å². The van der Waals surface area contributed by atoms with Gasteiger partial charge in [0.1, 0.15) is 5.84 Å². The zero-order chi connectivity index (χ0) is 18.4. The third kappa shape index (κ3) is 5.02. The Morgan fingerprint density at radius 1 is 1.32 bits per heavy atom. The lowest BCUT2D eigenvalue weighted by molar-refractivity contribution is -0.148. The molecule has 1 aromatic carbocycles. The van der Waals surface area contributed by atoms with Crippen molar-refractivity contribution in [2.24, 2.45) is 4.99 Å². The number of esters is 1. The molecule has 8 nitrogen and oxygen atoms in total. The van der Waals surface area contributed by atoms with Crippen LogP contribution in [0.4, 0.5) is 0 Å². The smallest absolute Gasteiger partial charge is 0.308 e. The van der Waals surface area contributed by atoms with Gasteiger partial charge in [0, 0.05) is 11.6 Å². The first kappa shape index (κ1) is 18.9. The Morgan fingerprint density at radius 2 is 2.04 bits per heavy atom. The molecule has 0 saturated carbocycles. The zero-order valence-corrected chi connectivity index (χ0v) is 14.9. The van der Waals surface area contributed by atoms with Crippen molar-refractivity contribution in [2.75, 3.05) is 13.2 Å². The first-order chi connectivity index (χ1) is 11.8. The van der Waals surface area contributed by atoms with E-state index in [0.29, 0.717) is 5.56 Å². The minimum Gasteiger partial charge on any atom is -0.456 e. The summed E-state index contributed by atoms with van der Waals surface area (Å²) < 4.78 is 31.1. The number of fused-ring (bicyclic) bond motifs is 1. The molecule has 25 heavy (non-hydrogen) atoms. The Kier molecular flexibility index (Phi) is 6.13. The molecule has 1 aliphatic rings. The van der Waals surface area contributed by atoms with Gasteiger partial charge in [-0.15, -0.1) is 0 Å². The highest BCUT2D eigenvalue weighted by Crippen LogP contribution is 2.22. The molecule has 0 aliphatic carbocycles. The Bertz CT molecular complexity index is 789. The van der Waals surface area contributed by atoms with Crippen molar-refractivity contribution in [3.63, 3.8) is 0 Å². The number of carbonyl (C=O) groups is 2. The van der Waals surface area contributed by atoms with Gasteiger partial charge in [0.25, 0.3) is 15.9 Å². The van der Waals surface area contributed by atoms with Gasteiger partial charge in [-0.2, -0.15) is 0 Å². The normalized spacial score (nSPS) is 17.4. The second-order valence-corrected chi connectivity index (χ2v) is 7.27. The van der Waals surface area contributed by atoms with Crippen molar-refractivity contribution in [3.8, 4) is 0 Å². The first-order valence-electron chi connectivity index (χ1n) is 7.95. The van der Waals surface area contributed by atoms with Crippen molar-refractivity contribution in [1.82, 2.24) is 10.0 Å². The van der Waals surface area contributed by atoms with E-state index in [9.17, 15) is 18.0 Å². The molecule has 0 bridgehead atoms. The van der Waals surface area contributed by atoms with Crippen molar-refractivity contribution in [2.45, 2.75) is 37.6 Å². The number of hydrogen-bond acceptors (Lipinski definition) is 6. The average molecular weight is 367 g/mol. The summed E-state index contributed by atoms with van der Waals surface area (Å²) in [6, 6.07) is 6.49. The quantitative estimate of drug-likeness (QED) is 0.684. The summed E-state index contributed by atoms with van der Waals surface area (Å²) in [5, 5.41) is 2.69. The second kappa shape index (κ2) is 8.11. The molecule has 0 radical (unpaired) electrons. The number of ether oxygens (including phenoxy) is 1. The van der Waals surface area contributed by atoms with Gasteiger partial charge in [-0.1, -0.05) is 19.1 Å². The third-order valence-corrected chi connectivity index (χ3v) is 5.03. The standard InChI is InChI=1S/C16H21N3O5S/c1-3-11(2)18-14(20)10-24-15(21)8-9-17-16-12-6-4-5-7-13(12)25(22,23)19-16/h4-7,11H,3,8-10H2,1-2H3,(H,17,19)(H,18,20)/t11-/m0/s1. The highest BCUT2D eigenvalue weighted by atomic mass is 32.2. The Balaban J connectivity index is 1.84. The number of carbonyl (C=O) groups excluding carboxylic acids is 2. The van der Waals surface area contributed by atoms with E-state index in [1.54, 1.807) is 18.2 Å². The summed E-state index contributed by atoms with van der Waals surface area (Å²) in [5.74, 6) is -0.720. The maximum atomic E-state index is 11.9. The van der Waals surface area contributed by atoms with Gasteiger partial charge in [-0.3, -0.25) is 19.3 Å². The Hall–Kier alpha value is -2.42. The zero-order valence-electron chi connectivity index (χ0n) is 14.1. The summed E-state index contributed by atoms with van der Waals surface area (Å²) in [6.45, 7) is 3.51. The Labute approximate surface area is 146 Å². The fraction of sp³-hybridized carbons (Fsp3) is 0.438. The predicted molar refractivity (Wildman–Crippen MR) is 91.6 cm³/mol. The van der Waals surface area contributed by atoms with Gasteiger partial charge in [-0.25, -0.2) is 8.42 Å². The summed E-state index contributed by atoms with van der Waals surface area (Å²) in [5.41, 5.74) is 0.476. The van der Waals surface area contributed by atoms with Crippen LogP contribution in [0.5, 0.6) is 0 Å². The van der Waals surface area contributed by atoms with E-state index in [1.807, 2.05) is 13.8 Å². The molecule has 136 valence electrons. The van der Waals surface area contributed by atoms with E-state index in [1.165, 1.54) is 6.07 Å². The van der Waals surface area contributed by atoms with Crippen molar-refractivity contribution in [3.05, 3.63) is 29.8 Å². The second-order valence-electron chi connectivity index (χ2n) is 5.62. The molecule has 0 saturated heterocycles. The number of nitrogens with one attached hydrogen (secondary N) is 2. The fourth-order valence-corrected chi connectivity index (χ4v) is 3.40. The fourth-order valence-electron chi connectivity index (χ4n) is 2.15. The largest absolute Gasteiger partial charge is 0.456 e. The van der Waals surface area contributed by atoms with Gasteiger partial charge in [0.05, 0.1) is 17.9 Å². The molecule has 1 aliphatic heterocycles. The lowest BCUT2D eigenvalue weighted by atomic mass is 10.2. The summed E-state index contributed by atoms with van der Waals surface area (Å²) in [6.07, 6.45) is 0.735. The van der Waals surface area contributed by atoms with Crippen LogP contribution in [-0.2, 0) is 24.3 Å². The highest BCUT2D eigenvalue weighted by Gasteiger charge is 2.29. The molecule has 1 amide bonds. The molecular formula is C16H21N3O5S. The molecule has 2 rings (SSSR count).